The van der Waals surface area contributed by atoms with Crippen molar-refractivity contribution < 1.29 is 14.3 Å². The Kier molecular flexibility index (Phi) is 6.22. The van der Waals surface area contributed by atoms with E-state index in [9.17, 15) is 9.59 Å². The Balaban J connectivity index is 2.01. The highest BCUT2D eigenvalue weighted by atomic mass is 16.6. The van der Waals surface area contributed by atoms with Gasteiger partial charge in [-0.2, -0.15) is 0 Å². The monoisotopic (exact) mass is 346 g/mol. The lowest BCUT2D eigenvalue weighted by Crippen LogP contribution is -2.57. The Hall–Kier alpha value is -1.88. The van der Waals surface area contributed by atoms with E-state index >= 15 is 0 Å². The van der Waals surface area contributed by atoms with E-state index in [1.54, 1.807) is 0 Å². The summed E-state index contributed by atoms with van der Waals surface area (Å²) in [4.78, 5) is 26.8. The Labute approximate surface area is 150 Å². The number of ether oxygens (including phenoxy) is 1. The fraction of sp³-hybridized carbons (Fsp3) is 0.600. The molecule has 5 nitrogen and oxygen atoms in total. The van der Waals surface area contributed by atoms with Crippen LogP contribution in [0.2, 0.25) is 0 Å². The van der Waals surface area contributed by atoms with Crippen LogP contribution in [0, 0.1) is 0 Å². The second kappa shape index (κ2) is 8.00. The van der Waals surface area contributed by atoms with Gasteiger partial charge in [-0.3, -0.25) is 14.5 Å². The molecule has 1 heterocycles. The van der Waals surface area contributed by atoms with Gasteiger partial charge in [0, 0.05) is 12.2 Å². The fourth-order valence-corrected chi connectivity index (χ4v) is 3.19. The molecule has 1 N–H and O–H groups in total. The highest BCUT2D eigenvalue weighted by Crippen LogP contribution is 2.24. The zero-order valence-electron chi connectivity index (χ0n) is 16.0. The molecule has 1 fully saturated rings. The van der Waals surface area contributed by atoms with Gasteiger partial charge in [0.25, 0.3) is 0 Å². The van der Waals surface area contributed by atoms with Crippen LogP contribution in [0.15, 0.2) is 24.3 Å². The molecule has 1 unspecified atom stereocenters. The third-order valence-corrected chi connectivity index (χ3v) is 4.42. The summed E-state index contributed by atoms with van der Waals surface area (Å²) in [6, 6.07) is 7.32. The van der Waals surface area contributed by atoms with E-state index in [0.29, 0.717) is 12.5 Å². The van der Waals surface area contributed by atoms with Gasteiger partial charge >= 0.3 is 5.97 Å². The summed E-state index contributed by atoms with van der Waals surface area (Å²) in [6.07, 6.45) is 1.04. The van der Waals surface area contributed by atoms with Gasteiger partial charge in [0.15, 0.2) is 0 Å². The number of esters is 1. The molecule has 1 aliphatic rings. The minimum atomic E-state index is -0.511. The number of hydrogen-bond donors (Lipinski definition) is 1. The summed E-state index contributed by atoms with van der Waals surface area (Å²) >= 11 is 0. The number of carbonyl (C=O) groups excluding carboxylic acids is 2. The maximum absolute atomic E-state index is 12.4. The number of nitrogens with zero attached hydrogens (tertiary/aromatic N) is 1. The van der Waals surface area contributed by atoms with E-state index in [1.807, 2.05) is 38.1 Å². The smallest absolute Gasteiger partial charge is 0.324 e. The number of cyclic esters (lactones) is 1. The quantitative estimate of drug-likeness (QED) is 0.800. The molecule has 1 saturated heterocycles. The first-order valence-electron chi connectivity index (χ1n) is 9.08. The molecule has 0 saturated carbocycles. The van der Waals surface area contributed by atoms with Crippen molar-refractivity contribution in [2.75, 3.05) is 18.4 Å². The van der Waals surface area contributed by atoms with Gasteiger partial charge in [0.2, 0.25) is 5.91 Å². The van der Waals surface area contributed by atoms with E-state index in [1.165, 1.54) is 5.56 Å². The summed E-state index contributed by atoms with van der Waals surface area (Å²) in [6.45, 7) is 11.6. The first-order valence-corrected chi connectivity index (χ1v) is 9.08. The number of carbonyl (C=O) groups is 2. The van der Waals surface area contributed by atoms with E-state index in [0.717, 1.165) is 18.7 Å². The van der Waals surface area contributed by atoms with Crippen LogP contribution < -0.4 is 5.32 Å². The van der Waals surface area contributed by atoms with Crippen molar-refractivity contribution in [1.82, 2.24) is 4.90 Å². The molecule has 1 aromatic rings. The number of anilines is 1. The van der Waals surface area contributed by atoms with E-state index in [4.69, 9.17) is 4.74 Å². The molecule has 1 aliphatic heterocycles. The van der Waals surface area contributed by atoms with Gasteiger partial charge in [0.05, 0.1) is 6.42 Å². The van der Waals surface area contributed by atoms with Crippen LogP contribution in [0.3, 0.4) is 0 Å². The number of benzene rings is 1. The Morgan fingerprint density at radius 2 is 1.96 bits per heavy atom. The van der Waals surface area contributed by atoms with Crippen molar-refractivity contribution in [3.05, 3.63) is 29.8 Å². The van der Waals surface area contributed by atoms with Crippen LogP contribution in [0.4, 0.5) is 5.69 Å². The number of nitrogens with one attached hydrogen (secondary N) is 1. The van der Waals surface area contributed by atoms with Crippen molar-refractivity contribution in [2.24, 2.45) is 0 Å². The van der Waals surface area contributed by atoms with E-state index in [2.05, 4.69) is 31.0 Å². The normalized spacial score (nSPS) is 20.4. The summed E-state index contributed by atoms with van der Waals surface area (Å²) in [5.41, 5.74) is 1.47. The second-order valence-corrected chi connectivity index (χ2v) is 7.70. The first kappa shape index (κ1) is 19.4. The molecule has 0 radical (unpaired) electrons. The van der Waals surface area contributed by atoms with Gasteiger partial charge in [-0.1, -0.05) is 32.9 Å². The molecular formula is C20H30N2O3. The SMILES string of the molecule is CCCN1CC(C)(C)OC(=O)C1CC(=O)Nc1ccc(C(C)C)cc1. The van der Waals surface area contributed by atoms with E-state index in [-0.39, 0.29) is 18.3 Å². The van der Waals surface area contributed by atoms with Crippen LogP contribution in [-0.2, 0) is 14.3 Å². The highest BCUT2D eigenvalue weighted by molar-refractivity contribution is 5.94. The maximum Gasteiger partial charge on any atom is 0.324 e. The van der Waals surface area contributed by atoms with Crippen LogP contribution in [-0.4, -0.2) is 41.5 Å². The van der Waals surface area contributed by atoms with Crippen LogP contribution in [0.25, 0.3) is 0 Å². The van der Waals surface area contributed by atoms with Gasteiger partial charge in [-0.25, -0.2) is 0 Å². The van der Waals surface area contributed by atoms with Crippen molar-refractivity contribution in [3.8, 4) is 0 Å². The molecule has 0 aromatic heterocycles. The topological polar surface area (TPSA) is 58.6 Å². The molecule has 1 atom stereocenters. The first-order chi connectivity index (χ1) is 11.7. The third kappa shape index (κ3) is 5.30. The van der Waals surface area contributed by atoms with Gasteiger partial charge in [-0.05, 0) is 50.4 Å². The molecule has 1 aromatic carbocycles. The molecule has 1 amide bonds. The molecule has 0 aliphatic carbocycles. The van der Waals surface area contributed by atoms with Gasteiger partial charge in [-0.15, -0.1) is 0 Å². The van der Waals surface area contributed by atoms with Crippen molar-refractivity contribution >= 4 is 17.6 Å². The Bertz CT molecular complexity index is 608. The Morgan fingerprint density at radius 3 is 2.52 bits per heavy atom. The van der Waals surface area contributed by atoms with Crippen molar-refractivity contribution in [2.45, 2.75) is 65.0 Å². The van der Waals surface area contributed by atoms with Gasteiger partial charge < -0.3 is 10.1 Å². The number of morpholine rings is 1. The third-order valence-electron chi connectivity index (χ3n) is 4.42. The second-order valence-electron chi connectivity index (χ2n) is 7.70. The predicted molar refractivity (Wildman–Crippen MR) is 99.6 cm³/mol. The summed E-state index contributed by atoms with van der Waals surface area (Å²) in [5.74, 6) is -0.0252. The zero-order chi connectivity index (χ0) is 18.6. The molecule has 5 heteroatoms. The summed E-state index contributed by atoms with van der Waals surface area (Å²) in [7, 11) is 0. The molecule has 138 valence electrons. The van der Waals surface area contributed by atoms with E-state index < -0.39 is 11.6 Å². The standard InChI is InChI=1S/C20H30N2O3/c1-6-11-22-13-20(4,5)25-19(24)17(22)12-18(23)21-16-9-7-15(8-10-16)14(2)3/h7-10,14,17H,6,11-13H2,1-5H3,(H,21,23). The van der Waals surface area contributed by atoms with Crippen LogP contribution in [0.5, 0.6) is 0 Å². The largest absolute Gasteiger partial charge is 0.457 e. The highest BCUT2D eigenvalue weighted by Gasteiger charge is 2.41. The average molecular weight is 346 g/mol. The minimum absolute atomic E-state index is 0.112. The lowest BCUT2D eigenvalue weighted by atomic mass is 10.0. The average Bonchev–Trinajstić information content (AvgIpc) is 2.51. The number of amides is 1. The minimum Gasteiger partial charge on any atom is -0.457 e. The zero-order valence-corrected chi connectivity index (χ0v) is 16.0. The summed E-state index contributed by atoms with van der Waals surface area (Å²) < 4.78 is 5.50. The molecular weight excluding hydrogens is 316 g/mol. The number of rotatable bonds is 6. The molecule has 2 rings (SSSR count). The molecule has 0 bridgehead atoms. The van der Waals surface area contributed by atoms with Crippen LogP contribution in [0.1, 0.15) is 58.9 Å². The Morgan fingerprint density at radius 1 is 1.32 bits per heavy atom. The predicted octanol–water partition coefficient (Wildman–Crippen LogP) is 3.55. The molecule has 25 heavy (non-hydrogen) atoms. The van der Waals surface area contributed by atoms with Crippen molar-refractivity contribution in [3.63, 3.8) is 0 Å². The number of hydrogen-bond acceptors (Lipinski definition) is 4. The molecule has 0 spiro atoms. The summed E-state index contributed by atoms with van der Waals surface area (Å²) in [5, 5.41) is 2.89. The van der Waals surface area contributed by atoms with Crippen molar-refractivity contribution in [1.29, 1.82) is 0 Å². The van der Waals surface area contributed by atoms with Gasteiger partial charge in [0.1, 0.15) is 11.6 Å². The lowest BCUT2D eigenvalue weighted by molar-refractivity contribution is -0.178. The maximum atomic E-state index is 12.4. The fourth-order valence-electron chi connectivity index (χ4n) is 3.19. The lowest BCUT2D eigenvalue weighted by Gasteiger charge is -2.42. The van der Waals surface area contributed by atoms with Crippen LogP contribution >= 0.6 is 0 Å².